The van der Waals surface area contributed by atoms with Gasteiger partial charge in [-0.3, -0.25) is 19.2 Å². The number of carboxylic acid groups (broad SMARTS) is 2. The van der Waals surface area contributed by atoms with Gasteiger partial charge >= 0.3 is 11.9 Å². The van der Waals surface area contributed by atoms with E-state index in [9.17, 15) is 24.1 Å². The molecule has 162 valence electrons. The highest BCUT2D eigenvalue weighted by Crippen LogP contribution is 2.05. The fourth-order valence-electron chi connectivity index (χ4n) is 1.31. The van der Waals surface area contributed by atoms with Gasteiger partial charge in [0.05, 0.1) is 12.7 Å². The molecule has 0 aromatic rings. The van der Waals surface area contributed by atoms with Gasteiger partial charge < -0.3 is 36.8 Å². The van der Waals surface area contributed by atoms with Gasteiger partial charge in [0.15, 0.2) is 0 Å². The summed E-state index contributed by atoms with van der Waals surface area (Å²) < 4.78 is 2.48. The van der Waals surface area contributed by atoms with Crippen LogP contribution in [-0.2, 0) is 19.2 Å². The Balaban J connectivity index is 0. The first-order chi connectivity index (χ1) is 13.1. The zero-order chi connectivity index (χ0) is 22.1. The van der Waals surface area contributed by atoms with E-state index in [1.54, 1.807) is 0 Å². The van der Waals surface area contributed by atoms with Crippen molar-refractivity contribution in [3.05, 3.63) is 4.91 Å². The van der Waals surface area contributed by atoms with Crippen LogP contribution in [0.3, 0.4) is 0 Å². The van der Waals surface area contributed by atoms with Crippen molar-refractivity contribution in [2.24, 2.45) is 10.3 Å². The van der Waals surface area contributed by atoms with Crippen LogP contribution in [0, 0.1) is 4.91 Å². The number of carbonyl (C=O) groups excluding carboxylic acids is 2. The highest BCUT2D eigenvalue weighted by atomic mass is 32.2. The van der Waals surface area contributed by atoms with E-state index in [0.717, 1.165) is 0 Å². The molecule has 0 aliphatic heterocycles. The van der Waals surface area contributed by atoms with Crippen molar-refractivity contribution in [2.75, 3.05) is 24.7 Å². The summed E-state index contributed by atoms with van der Waals surface area (Å²) in [4.78, 5) is 54.2. The number of amides is 2. The number of carboxylic acids is 2. The second-order valence-corrected chi connectivity index (χ2v) is 6.21. The van der Waals surface area contributed by atoms with Gasteiger partial charge in [-0.15, -0.1) is 4.91 Å². The predicted octanol–water partition coefficient (Wildman–Crippen LogP) is -2.45. The van der Waals surface area contributed by atoms with Crippen molar-refractivity contribution in [3.8, 4) is 0 Å². The number of hydrogen-bond acceptors (Lipinski definition) is 11. The monoisotopic (exact) mass is 444 g/mol. The maximum atomic E-state index is 11.7. The maximum absolute atomic E-state index is 11.7. The van der Waals surface area contributed by atoms with Crippen molar-refractivity contribution in [3.63, 3.8) is 0 Å². The molecule has 3 atom stereocenters. The first-order valence-corrected chi connectivity index (χ1v) is 9.28. The molecule has 3 unspecified atom stereocenters. The zero-order valence-corrected chi connectivity index (χ0v) is 16.4. The molecule has 8 N–H and O–H groups in total. The van der Waals surface area contributed by atoms with Gasteiger partial charge in [-0.2, -0.15) is 12.6 Å². The van der Waals surface area contributed by atoms with Crippen LogP contribution in [-0.4, -0.2) is 87.0 Å². The number of aliphatic carboxylic acids is 2. The molecule has 0 heterocycles. The first kappa shape index (κ1) is 28.3. The number of rotatable bonds is 13. The third-order valence-corrected chi connectivity index (χ3v) is 3.79. The number of nitrogens with zero attached hydrogens (tertiary/aromatic N) is 1. The van der Waals surface area contributed by atoms with Gasteiger partial charge in [0, 0.05) is 34.5 Å². The summed E-state index contributed by atoms with van der Waals surface area (Å²) in [5, 5.41) is 37.7. The molecule has 0 aliphatic rings. The van der Waals surface area contributed by atoms with E-state index in [4.69, 9.17) is 26.2 Å². The average Bonchev–Trinajstić information content (AvgIpc) is 2.66. The lowest BCUT2D eigenvalue weighted by molar-refractivity contribution is -0.139. The summed E-state index contributed by atoms with van der Waals surface area (Å²) in [6, 6.07) is -2.38. The average molecular weight is 444 g/mol. The third kappa shape index (κ3) is 16.2. The molecule has 0 aliphatic carbocycles. The summed E-state index contributed by atoms with van der Waals surface area (Å²) >= 11 is 4.16. The van der Waals surface area contributed by atoms with Gasteiger partial charge in [0.1, 0.15) is 18.6 Å². The largest absolute Gasteiger partial charge is 0.480 e. The standard InChI is InChI=1S/C10H16N4O7S.C3H8O2S/c11-5(10(19)20)1-2-7(15)13-6(4-22-14-21)9(18)12-3-8(16)17;4-1-3(5)2-6/h5-6H,1-4,11H2,(H,12,18)(H,13,15)(H,16,17)(H,19,20);3-6H,1-2H2. The van der Waals surface area contributed by atoms with Gasteiger partial charge in [0.25, 0.3) is 0 Å². The van der Waals surface area contributed by atoms with Gasteiger partial charge in [0.2, 0.25) is 11.8 Å². The van der Waals surface area contributed by atoms with E-state index in [1.807, 2.05) is 0 Å². The molecule has 0 saturated heterocycles. The van der Waals surface area contributed by atoms with E-state index in [1.165, 1.54) is 0 Å². The Labute approximate surface area is 169 Å². The van der Waals surface area contributed by atoms with Crippen LogP contribution in [0.25, 0.3) is 0 Å². The van der Waals surface area contributed by atoms with Crippen LogP contribution in [0.4, 0.5) is 0 Å². The van der Waals surface area contributed by atoms with E-state index in [0.29, 0.717) is 17.7 Å². The minimum Gasteiger partial charge on any atom is -0.480 e. The molecular weight excluding hydrogens is 420 g/mol. The second kappa shape index (κ2) is 17.2. The number of nitrogens with two attached hydrogens (primary N) is 1. The molecular formula is C13H24N4O9S2. The number of carbonyl (C=O) groups is 4. The van der Waals surface area contributed by atoms with Crippen LogP contribution in [0.5, 0.6) is 0 Å². The lowest BCUT2D eigenvalue weighted by Crippen LogP contribution is -2.49. The second-order valence-electron chi connectivity index (χ2n) is 5.10. The van der Waals surface area contributed by atoms with Crippen LogP contribution in [0.2, 0.25) is 0 Å². The number of aliphatic hydroxyl groups is 2. The first-order valence-electron chi connectivity index (χ1n) is 7.70. The van der Waals surface area contributed by atoms with Crippen LogP contribution < -0.4 is 16.4 Å². The smallest absolute Gasteiger partial charge is 0.322 e. The minimum absolute atomic E-state index is 0.135. The SMILES string of the molecule is NC(CCC(=O)NC(CSN=O)C(=O)NCC(=O)O)C(=O)O.OCC(O)CS. The highest BCUT2D eigenvalue weighted by molar-refractivity contribution is 7.97. The Morgan fingerprint density at radius 3 is 2.21 bits per heavy atom. The summed E-state index contributed by atoms with van der Waals surface area (Å²) in [6.45, 7) is -0.836. The van der Waals surface area contributed by atoms with E-state index in [2.05, 4.69) is 27.8 Å². The normalized spacial score (nSPS) is 13.1. The Morgan fingerprint density at radius 2 is 1.82 bits per heavy atom. The van der Waals surface area contributed by atoms with Gasteiger partial charge in [-0.05, 0) is 6.42 Å². The van der Waals surface area contributed by atoms with E-state index in [-0.39, 0.29) is 25.2 Å². The summed E-state index contributed by atoms with van der Waals surface area (Å²) in [5.41, 5.74) is 5.23. The Kier molecular flexibility index (Phi) is 17.3. The lowest BCUT2D eigenvalue weighted by Gasteiger charge is -2.16. The molecule has 28 heavy (non-hydrogen) atoms. The summed E-state index contributed by atoms with van der Waals surface area (Å²) in [7, 11) is 0. The number of nitrogens with one attached hydrogen (secondary N) is 2. The molecule has 0 aromatic heterocycles. The van der Waals surface area contributed by atoms with Crippen molar-refractivity contribution in [1.29, 1.82) is 0 Å². The molecule has 13 nitrogen and oxygen atoms in total. The lowest BCUT2D eigenvalue weighted by atomic mass is 10.1. The topological polar surface area (TPSA) is 229 Å². The number of hydrogen-bond donors (Lipinski definition) is 8. The number of aliphatic hydroxyl groups excluding tert-OH is 2. The van der Waals surface area contributed by atoms with E-state index < -0.39 is 48.5 Å². The Morgan fingerprint density at radius 1 is 1.21 bits per heavy atom. The van der Waals surface area contributed by atoms with Gasteiger partial charge in [-0.1, -0.05) is 0 Å². The fourth-order valence-corrected chi connectivity index (χ4v) is 1.87. The fraction of sp³-hybridized carbons (Fsp3) is 0.692. The van der Waals surface area contributed by atoms with Crippen LogP contribution in [0.1, 0.15) is 12.8 Å². The van der Waals surface area contributed by atoms with Crippen molar-refractivity contribution < 1.29 is 39.6 Å². The summed E-state index contributed by atoms with van der Waals surface area (Å²) in [6.07, 6.45) is -1.02. The highest BCUT2D eigenvalue weighted by Gasteiger charge is 2.22. The Bertz CT molecular complexity index is 520. The summed E-state index contributed by atoms with van der Waals surface area (Å²) in [5.74, 6) is -3.84. The molecule has 0 spiro atoms. The van der Waals surface area contributed by atoms with Crippen molar-refractivity contribution >= 4 is 48.3 Å². The molecule has 2 amide bonds. The number of thiol groups is 1. The molecule has 0 fully saturated rings. The molecule has 0 radical (unpaired) electrons. The van der Waals surface area contributed by atoms with Crippen molar-refractivity contribution in [1.82, 2.24) is 10.6 Å². The molecule has 15 heteroatoms. The van der Waals surface area contributed by atoms with Crippen molar-refractivity contribution in [2.45, 2.75) is 31.0 Å². The quantitative estimate of drug-likeness (QED) is 0.0844. The molecule has 0 bridgehead atoms. The predicted molar refractivity (Wildman–Crippen MR) is 103 cm³/mol. The Hall–Kier alpha value is -1.94. The molecule has 0 aromatic carbocycles. The molecule has 0 saturated carbocycles. The molecule has 0 rings (SSSR count). The zero-order valence-electron chi connectivity index (χ0n) is 14.7. The van der Waals surface area contributed by atoms with E-state index >= 15 is 0 Å². The third-order valence-electron chi connectivity index (χ3n) is 2.78. The number of nitroso groups, excluding NO2 is 1. The van der Waals surface area contributed by atoms with Gasteiger partial charge in [-0.25, -0.2) is 0 Å². The van der Waals surface area contributed by atoms with Crippen LogP contribution in [0.15, 0.2) is 4.58 Å². The minimum atomic E-state index is -1.27. The maximum Gasteiger partial charge on any atom is 0.322 e. The van der Waals surface area contributed by atoms with Crippen LogP contribution >= 0.6 is 24.6 Å².